The molecule has 1 N–H and O–H groups in total. The number of hydrogen-bond donors (Lipinski definition) is 1. The van der Waals surface area contributed by atoms with E-state index in [1.807, 2.05) is 54.6 Å². The summed E-state index contributed by atoms with van der Waals surface area (Å²) in [5.41, 5.74) is 3.90. The standard InChI is InChI=1S/C24H21N3O2/c25-15-21-24(20-9-5-4-8-19(20)18-6-2-1-3-7-18)22(16-28)27(21)23(29)14-17-10-12-26-13-11-17/h1-13,21-22,24,28H,14,16H2/t21-,22-,24+/m0/s1. The van der Waals surface area contributed by atoms with Crippen molar-refractivity contribution in [1.82, 2.24) is 9.88 Å². The van der Waals surface area contributed by atoms with Crippen LogP contribution in [-0.2, 0) is 11.2 Å². The van der Waals surface area contributed by atoms with Gasteiger partial charge in [-0.2, -0.15) is 5.26 Å². The Balaban J connectivity index is 1.65. The van der Waals surface area contributed by atoms with E-state index in [0.29, 0.717) is 0 Å². The van der Waals surface area contributed by atoms with Crippen LogP contribution in [0.2, 0.25) is 0 Å². The third kappa shape index (κ3) is 3.51. The number of nitrogens with zero attached hydrogens (tertiary/aromatic N) is 3. The Labute approximate surface area is 169 Å². The second kappa shape index (κ2) is 8.26. The summed E-state index contributed by atoms with van der Waals surface area (Å²) in [6, 6.07) is 22.7. The Kier molecular flexibility index (Phi) is 5.37. The Hall–Kier alpha value is -3.49. The minimum Gasteiger partial charge on any atom is -0.394 e. The molecule has 5 heteroatoms. The van der Waals surface area contributed by atoms with E-state index in [-0.39, 0.29) is 24.9 Å². The maximum absolute atomic E-state index is 12.9. The summed E-state index contributed by atoms with van der Waals surface area (Å²) in [5.74, 6) is -0.391. The average molecular weight is 383 g/mol. The quantitative estimate of drug-likeness (QED) is 0.734. The van der Waals surface area contributed by atoms with Crippen LogP contribution in [0.15, 0.2) is 79.1 Å². The van der Waals surface area contributed by atoms with Gasteiger partial charge in [-0.15, -0.1) is 0 Å². The summed E-state index contributed by atoms with van der Waals surface area (Å²) >= 11 is 0. The minimum atomic E-state index is -0.605. The number of nitriles is 1. The molecule has 1 saturated heterocycles. The number of carbonyl (C=O) groups is 1. The molecule has 3 atom stereocenters. The molecule has 1 amide bonds. The van der Waals surface area contributed by atoms with Crippen molar-refractivity contribution in [2.45, 2.75) is 24.4 Å². The average Bonchev–Trinajstić information content (AvgIpc) is 2.75. The molecule has 2 aromatic carbocycles. The molecular formula is C24H21N3O2. The second-order valence-electron chi connectivity index (χ2n) is 7.14. The van der Waals surface area contributed by atoms with Crippen LogP contribution >= 0.6 is 0 Å². The Bertz CT molecular complexity index is 1030. The molecule has 1 aliphatic rings. The Morgan fingerprint density at radius 2 is 1.72 bits per heavy atom. The van der Waals surface area contributed by atoms with Gasteiger partial charge in [0, 0.05) is 18.3 Å². The third-order valence-electron chi connectivity index (χ3n) is 5.53. The molecular weight excluding hydrogens is 362 g/mol. The highest BCUT2D eigenvalue weighted by atomic mass is 16.3. The van der Waals surface area contributed by atoms with Crippen LogP contribution in [-0.4, -0.2) is 39.6 Å². The molecule has 0 unspecified atom stereocenters. The number of hydrogen-bond acceptors (Lipinski definition) is 4. The summed E-state index contributed by atoms with van der Waals surface area (Å²) in [6.07, 6.45) is 3.47. The van der Waals surface area contributed by atoms with Gasteiger partial charge in [0.1, 0.15) is 6.04 Å². The Morgan fingerprint density at radius 1 is 1.03 bits per heavy atom. The molecule has 0 saturated carbocycles. The fourth-order valence-corrected chi connectivity index (χ4v) is 4.16. The monoisotopic (exact) mass is 383 g/mol. The first-order valence-corrected chi connectivity index (χ1v) is 9.59. The highest BCUT2D eigenvalue weighted by Gasteiger charge is 2.51. The summed E-state index contributed by atoms with van der Waals surface area (Å²) < 4.78 is 0. The van der Waals surface area contributed by atoms with E-state index in [9.17, 15) is 15.2 Å². The topological polar surface area (TPSA) is 77.2 Å². The summed E-state index contributed by atoms with van der Waals surface area (Å²) in [6.45, 7) is -0.186. The number of aromatic nitrogens is 1. The molecule has 1 aliphatic heterocycles. The summed E-state index contributed by atoms with van der Waals surface area (Å²) in [5, 5.41) is 19.9. The lowest BCUT2D eigenvalue weighted by atomic mass is 9.73. The molecule has 1 fully saturated rings. The normalized spacial score (nSPS) is 20.6. The molecule has 4 rings (SSSR count). The number of aliphatic hydroxyl groups is 1. The number of amides is 1. The summed E-state index contributed by atoms with van der Waals surface area (Å²) in [4.78, 5) is 18.4. The van der Waals surface area contributed by atoms with Crippen LogP contribution in [0.5, 0.6) is 0 Å². The van der Waals surface area contributed by atoms with Gasteiger partial charge < -0.3 is 10.0 Å². The van der Waals surface area contributed by atoms with Crippen molar-refractivity contribution in [3.8, 4) is 17.2 Å². The predicted molar refractivity (Wildman–Crippen MR) is 110 cm³/mol. The van der Waals surface area contributed by atoms with Crippen molar-refractivity contribution >= 4 is 5.91 Å². The largest absolute Gasteiger partial charge is 0.394 e. The lowest BCUT2D eigenvalue weighted by Crippen LogP contribution is -2.65. The van der Waals surface area contributed by atoms with Crippen LogP contribution < -0.4 is 0 Å². The van der Waals surface area contributed by atoms with Crippen LogP contribution in [0.4, 0.5) is 0 Å². The molecule has 3 aromatic rings. The van der Waals surface area contributed by atoms with Gasteiger partial charge in [-0.25, -0.2) is 0 Å². The van der Waals surface area contributed by atoms with Gasteiger partial charge in [-0.3, -0.25) is 9.78 Å². The molecule has 0 spiro atoms. The van der Waals surface area contributed by atoms with Crippen molar-refractivity contribution in [2.75, 3.05) is 6.61 Å². The van der Waals surface area contributed by atoms with Crippen molar-refractivity contribution in [2.24, 2.45) is 0 Å². The lowest BCUT2D eigenvalue weighted by molar-refractivity contribution is -0.146. The number of carbonyl (C=O) groups excluding carboxylic acids is 1. The van der Waals surface area contributed by atoms with Crippen LogP contribution in [0.3, 0.4) is 0 Å². The first-order valence-electron chi connectivity index (χ1n) is 9.59. The predicted octanol–water partition coefficient (Wildman–Crippen LogP) is 3.17. The first-order chi connectivity index (χ1) is 14.2. The molecule has 2 heterocycles. The van der Waals surface area contributed by atoms with Gasteiger partial charge >= 0.3 is 0 Å². The van der Waals surface area contributed by atoms with Crippen molar-refractivity contribution in [3.05, 3.63) is 90.3 Å². The van der Waals surface area contributed by atoms with Crippen LogP contribution in [0.25, 0.3) is 11.1 Å². The zero-order chi connectivity index (χ0) is 20.2. The van der Waals surface area contributed by atoms with Gasteiger partial charge in [0.05, 0.1) is 25.1 Å². The van der Waals surface area contributed by atoms with E-state index >= 15 is 0 Å². The molecule has 0 bridgehead atoms. The van der Waals surface area contributed by atoms with Gasteiger partial charge in [0.15, 0.2) is 0 Å². The third-order valence-corrected chi connectivity index (χ3v) is 5.53. The molecule has 0 radical (unpaired) electrons. The Morgan fingerprint density at radius 3 is 2.41 bits per heavy atom. The number of benzene rings is 2. The second-order valence-corrected chi connectivity index (χ2v) is 7.14. The van der Waals surface area contributed by atoms with Crippen molar-refractivity contribution < 1.29 is 9.90 Å². The first kappa shape index (κ1) is 18.9. The van der Waals surface area contributed by atoms with E-state index in [0.717, 1.165) is 22.3 Å². The fraction of sp³-hybridized carbons (Fsp3) is 0.208. The van der Waals surface area contributed by atoms with Crippen LogP contribution in [0.1, 0.15) is 17.0 Å². The highest BCUT2D eigenvalue weighted by molar-refractivity contribution is 5.82. The van der Waals surface area contributed by atoms with Gasteiger partial charge in [-0.05, 0) is 34.4 Å². The van der Waals surface area contributed by atoms with E-state index in [1.165, 1.54) is 4.90 Å². The van der Waals surface area contributed by atoms with Crippen molar-refractivity contribution in [1.29, 1.82) is 5.26 Å². The SMILES string of the molecule is N#C[C@H]1[C@@H](c2ccccc2-c2ccccc2)[C@H](CO)N1C(=O)Cc1ccncc1. The van der Waals surface area contributed by atoms with Crippen molar-refractivity contribution in [3.63, 3.8) is 0 Å². The molecule has 1 aromatic heterocycles. The number of pyridine rings is 1. The van der Waals surface area contributed by atoms with Crippen LogP contribution in [0, 0.1) is 11.3 Å². The zero-order valence-corrected chi connectivity index (χ0v) is 15.8. The van der Waals surface area contributed by atoms with Gasteiger partial charge in [0.2, 0.25) is 5.91 Å². The van der Waals surface area contributed by atoms with E-state index in [4.69, 9.17) is 0 Å². The van der Waals surface area contributed by atoms with Gasteiger partial charge in [0.25, 0.3) is 0 Å². The minimum absolute atomic E-state index is 0.157. The lowest BCUT2D eigenvalue weighted by Gasteiger charge is -2.52. The maximum Gasteiger partial charge on any atom is 0.228 e. The fourth-order valence-electron chi connectivity index (χ4n) is 4.16. The summed E-state index contributed by atoms with van der Waals surface area (Å²) in [7, 11) is 0. The molecule has 29 heavy (non-hydrogen) atoms. The maximum atomic E-state index is 12.9. The smallest absolute Gasteiger partial charge is 0.228 e. The van der Waals surface area contributed by atoms with E-state index in [1.54, 1.807) is 24.5 Å². The molecule has 5 nitrogen and oxygen atoms in total. The molecule has 0 aliphatic carbocycles. The van der Waals surface area contributed by atoms with E-state index in [2.05, 4.69) is 11.1 Å². The number of likely N-dealkylation sites (tertiary alicyclic amines) is 1. The number of rotatable bonds is 5. The highest BCUT2D eigenvalue weighted by Crippen LogP contribution is 2.44. The number of aliphatic hydroxyl groups excluding tert-OH is 1. The zero-order valence-electron chi connectivity index (χ0n) is 15.8. The molecule has 144 valence electrons. The van der Waals surface area contributed by atoms with Gasteiger partial charge in [-0.1, -0.05) is 54.6 Å². The van der Waals surface area contributed by atoms with E-state index < -0.39 is 12.1 Å².